The van der Waals surface area contributed by atoms with Crippen molar-refractivity contribution in [1.29, 1.82) is 0 Å². The van der Waals surface area contributed by atoms with E-state index in [4.69, 9.17) is 0 Å². The van der Waals surface area contributed by atoms with Crippen molar-refractivity contribution in [2.45, 2.75) is 9.79 Å². The van der Waals surface area contributed by atoms with Crippen molar-refractivity contribution in [2.75, 3.05) is 11.5 Å². The summed E-state index contributed by atoms with van der Waals surface area (Å²) in [6, 6.07) is 2.82. The molecule has 0 nitrogen and oxygen atoms in total. The Balaban J connectivity index is 2.80. The Bertz CT molecular complexity index is 454. The smallest absolute Gasteiger partial charge is 0.202 e. The maximum atomic E-state index is 13.6. The Labute approximate surface area is 111 Å². The van der Waals surface area contributed by atoms with Crippen LogP contribution in [0.25, 0.3) is 0 Å². The number of benzene rings is 1. The van der Waals surface area contributed by atoms with Crippen LogP contribution in [0, 0.1) is 11.6 Å². The Morgan fingerprint density at radius 3 is 2.00 bits per heavy atom. The summed E-state index contributed by atoms with van der Waals surface area (Å²) in [5, 5.41) is 0. The van der Waals surface area contributed by atoms with Crippen molar-refractivity contribution >= 4 is 23.5 Å². The van der Waals surface area contributed by atoms with E-state index in [1.165, 1.54) is 12.1 Å². The van der Waals surface area contributed by atoms with Gasteiger partial charge in [-0.15, -0.1) is 30.1 Å². The van der Waals surface area contributed by atoms with Gasteiger partial charge in [0.05, 0.1) is 0 Å². The van der Waals surface area contributed by atoms with Gasteiger partial charge in [-0.1, -0.05) is 6.08 Å². The zero-order valence-corrected chi connectivity index (χ0v) is 10.9. The molecule has 1 aromatic rings. The van der Waals surface area contributed by atoms with Crippen molar-refractivity contribution in [1.82, 2.24) is 0 Å². The second-order valence-electron chi connectivity index (χ2n) is 3.09. The summed E-state index contributed by atoms with van der Waals surface area (Å²) in [5.74, 6) is -1.57. The van der Waals surface area contributed by atoms with E-state index >= 15 is 0 Å². The van der Waals surface area contributed by atoms with Crippen LogP contribution in [0.2, 0.25) is 0 Å². The standard InChI is InChI=1S/C12H10F4S2/c1-2-6-17-8-3-4-9(12(16)11(8)15)18-7-5-10(13)14/h2-5H,1,6-7H2. The second kappa shape index (κ2) is 7.53. The SMILES string of the molecule is C=CCSc1ccc(SCC=C(F)F)c(F)c1F. The monoisotopic (exact) mass is 294 g/mol. The molecule has 0 bridgehead atoms. The molecule has 0 atom stereocenters. The molecule has 0 N–H and O–H groups in total. The molecule has 0 aliphatic carbocycles. The van der Waals surface area contributed by atoms with Crippen LogP contribution in [0.5, 0.6) is 0 Å². The first-order valence-electron chi connectivity index (χ1n) is 4.92. The van der Waals surface area contributed by atoms with Crippen molar-refractivity contribution < 1.29 is 17.6 Å². The first-order valence-corrected chi connectivity index (χ1v) is 6.89. The fraction of sp³-hybridized carbons (Fsp3) is 0.167. The normalized spacial score (nSPS) is 10.2. The molecule has 0 unspecified atom stereocenters. The Morgan fingerprint density at radius 1 is 1.06 bits per heavy atom. The maximum absolute atomic E-state index is 13.6. The van der Waals surface area contributed by atoms with E-state index in [-0.39, 0.29) is 15.5 Å². The molecule has 0 aliphatic rings. The molecular weight excluding hydrogens is 284 g/mol. The van der Waals surface area contributed by atoms with Gasteiger partial charge in [0, 0.05) is 21.3 Å². The van der Waals surface area contributed by atoms with Gasteiger partial charge < -0.3 is 0 Å². The van der Waals surface area contributed by atoms with Gasteiger partial charge in [-0.2, -0.15) is 8.78 Å². The van der Waals surface area contributed by atoms with E-state index < -0.39 is 17.7 Å². The lowest BCUT2D eigenvalue weighted by atomic mass is 10.3. The predicted octanol–water partition coefficient (Wildman–Crippen LogP) is 5.12. The first kappa shape index (κ1) is 15.2. The maximum Gasteiger partial charge on any atom is 0.267 e. The number of rotatable bonds is 6. The number of thioether (sulfide) groups is 2. The van der Waals surface area contributed by atoms with Gasteiger partial charge in [0.25, 0.3) is 6.08 Å². The van der Waals surface area contributed by atoms with E-state index in [2.05, 4.69) is 6.58 Å². The lowest BCUT2D eigenvalue weighted by Gasteiger charge is -2.06. The molecule has 1 rings (SSSR count). The Morgan fingerprint density at radius 2 is 1.56 bits per heavy atom. The van der Waals surface area contributed by atoms with Gasteiger partial charge in [0.15, 0.2) is 11.6 Å². The van der Waals surface area contributed by atoms with Gasteiger partial charge in [-0.25, -0.2) is 8.78 Å². The van der Waals surface area contributed by atoms with E-state index in [9.17, 15) is 17.6 Å². The molecule has 0 heterocycles. The van der Waals surface area contributed by atoms with Crippen molar-refractivity contribution in [3.8, 4) is 0 Å². The van der Waals surface area contributed by atoms with Crippen LogP contribution in [-0.4, -0.2) is 11.5 Å². The van der Waals surface area contributed by atoms with Crippen molar-refractivity contribution in [2.24, 2.45) is 0 Å². The van der Waals surface area contributed by atoms with Gasteiger partial charge in [-0.3, -0.25) is 0 Å². The van der Waals surface area contributed by atoms with E-state index in [1.54, 1.807) is 6.08 Å². The first-order chi connectivity index (χ1) is 8.56. The number of hydrogen-bond donors (Lipinski definition) is 0. The average molecular weight is 294 g/mol. The molecule has 0 saturated heterocycles. The highest BCUT2D eigenvalue weighted by molar-refractivity contribution is 7.99. The van der Waals surface area contributed by atoms with E-state index in [1.807, 2.05) is 0 Å². The predicted molar refractivity (Wildman–Crippen MR) is 68.3 cm³/mol. The molecule has 0 spiro atoms. The molecule has 0 fully saturated rings. The number of hydrogen-bond acceptors (Lipinski definition) is 2. The average Bonchev–Trinajstić information content (AvgIpc) is 2.33. The highest BCUT2D eigenvalue weighted by atomic mass is 32.2. The minimum atomic E-state index is -1.83. The third-order valence-corrected chi connectivity index (χ3v) is 3.83. The molecule has 6 heteroatoms. The molecule has 0 saturated carbocycles. The molecule has 18 heavy (non-hydrogen) atoms. The molecular formula is C12H10F4S2. The highest BCUT2D eigenvalue weighted by Gasteiger charge is 2.13. The largest absolute Gasteiger partial charge is 0.267 e. The van der Waals surface area contributed by atoms with Crippen LogP contribution in [0.4, 0.5) is 17.6 Å². The van der Waals surface area contributed by atoms with Crippen LogP contribution >= 0.6 is 23.5 Å². The molecule has 0 aliphatic heterocycles. The quantitative estimate of drug-likeness (QED) is 0.406. The van der Waals surface area contributed by atoms with Gasteiger partial charge >= 0.3 is 0 Å². The zero-order chi connectivity index (χ0) is 13.5. The summed E-state index contributed by atoms with van der Waals surface area (Å²) in [4.78, 5) is 0.205. The van der Waals surface area contributed by atoms with Crippen LogP contribution in [0.1, 0.15) is 0 Å². The summed E-state index contributed by atoms with van der Waals surface area (Å²) >= 11 is 1.95. The van der Waals surface area contributed by atoms with Gasteiger partial charge in [-0.05, 0) is 18.2 Å². The molecule has 98 valence electrons. The summed E-state index contributed by atoms with van der Waals surface area (Å²) in [5.41, 5.74) is 0. The third-order valence-electron chi connectivity index (χ3n) is 1.84. The van der Waals surface area contributed by atoms with Crippen molar-refractivity contribution in [3.63, 3.8) is 0 Å². The minimum Gasteiger partial charge on any atom is -0.202 e. The van der Waals surface area contributed by atoms with Crippen LogP contribution < -0.4 is 0 Å². The molecule has 1 aromatic carbocycles. The lowest BCUT2D eigenvalue weighted by Crippen LogP contribution is -1.92. The third kappa shape index (κ3) is 4.42. The van der Waals surface area contributed by atoms with Crippen LogP contribution in [-0.2, 0) is 0 Å². The lowest BCUT2D eigenvalue weighted by molar-refractivity contribution is 0.420. The summed E-state index contributed by atoms with van der Waals surface area (Å²) in [6.07, 6.45) is 0.406. The van der Waals surface area contributed by atoms with E-state index in [0.717, 1.165) is 23.5 Å². The molecule has 0 amide bonds. The molecule has 0 aromatic heterocycles. The second-order valence-corrected chi connectivity index (χ2v) is 5.22. The number of halogens is 4. The van der Waals surface area contributed by atoms with Gasteiger partial charge in [0.2, 0.25) is 0 Å². The van der Waals surface area contributed by atoms with E-state index in [0.29, 0.717) is 11.8 Å². The topological polar surface area (TPSA) is 0 Å². The summed E-state index contributed by atoms with van der Waals surface area (Å²) in [6.45, 7) is 3.48. The highest BCUT2D eigenvalue weighted by Crippen LogP contribution is 2.30. The molecule has 0 radical (unpaired) electrons. The van der Waals surface area contributed by atoms with Gasteiger partial charge in [0.1, 0.15) is 0 Å². The van der Waals surface area contributed by atoms with Crippen LogP contribution in [0.15, 0.2) is 46.7 Å². The Kier molecular flexibility index (Phi) is 6.35. The fourth-order valence-electron chi connectivity index (χ4n) is 1.08. The summed E-state index contributed by atoms with van der Waals surface area (Å²) < 4.78 is 50.7. The summed E-state index contributed by atoms with van der Waals surface area (Å²) in [7, 11) is 0. The Hall–Kier alpha value is -0.880. The van der Waals surface area contributed by atoms with Crippen molar-refractivity contribution in [3.05, 3.63) is 48.6 Å². The zero-order valence-electron chi connectivity index (χ0n) is 9.26. The van der Waals surface area contributed by atoms with Crippen LogP contribution in [0.3, 0.4) is 0 Å². The minimum absolute atomic E-state index is 0.0213. The fourth-order valence-corrected chi connectivity index (χ4v) is 2.53.